The first-order valence-electron chi connectivity index (χ1n) is 25.9. The maximum atomic E-state index is 13.5. The highest BCUT2D eigenvalue weighted by Crippen LogP contribution is 2.44. The van der Waals surface area contributed by atoms with Gasteiger partial charge in [0.15, 0.2) is 0 Å². The van der Waals surface area contributed by atoms with Crippen molar-refractivity contribution in [1.29, 1.82) is 0 Å². The van der Waals surface area contributed by atoms with Gasteiger partial charge in [-0.05, 0) is 113 Å². The smallest absolute Gasteiger partial charge is 0.261 e. The van der Waals surface area contributed by atoms with Crippen molar-refractivity contribution >= 4 is 23.6 Å². The minimum absolute atomic E-state index is 0.0133. The average molecular weight is 995 g/mol. The number of amides is 4. The maximum absolute atomic E-state index is 13.5. The molecule has 1 aliphatic carbocycles. The zero-order valence-corrected chi connectivity index (χ0v) is 45.1. The highest BCUT2D eigenvalue weighted by atomic mass is 16.5. The number of hydrogen-bond acceptors (Lipinski definition) is 8. The van der Waals surface area contributed by atoms with E-state index < -0.39 is 0 Å². The molecule has 3 aliphatic rings. The second-order valence-corrected chi connectivity index (χ2v) is 24.6. The van der Waals surface area contributed by atoms with Gasteiger partial charge in [0, 0.05) is 25.7 Å². The molecule has 10 nitrogen and oxygen atoms in total. The molecule has 2 heterocycles. The summed E-state index contributed by atoms with van der Waals surface area (Å²) >= 11 is 0. The van der Waals surface area contributed by atoms with E-state index in [-0.39, 0.29) is 109 Å². The van der Waals surface area contributed by atoms with Gasteiger partial charge in [0.25, 0.3) is 23.6 Å². The maximum Gasteiger partial charge on any atom is 0.261 e. The van der Waals surface area contributed by atoms with Crippen LogP contribution in [0.2, 0.25) is 0 Å². The molecule has 6 aromatic carbocycles. The molecule has 2 N–H and O–H groups in total. The van der Waals surface area contributed by atoms with Crippen LogP contribution in [0.1, 0.15) is 191 Å². The van der Waals surface area contributed by atoms with Crippen molar-refractivity contribution in [2.24, 2.45) is 0 Å². The van der Waals surface area contributed by atoms with Crippen LogP contribution >= 0.6 is 0 Å². The van der Waals surface area contributed by atoms with Gasteiger partial charge in [0.05, 0.1) is 35.3 Å². The topological polar surface area (TPSA) is 134 Å². The van der Waals surface area contributed by atoms with E-state index in [4.69, 9.17) is 9.47 Å². The van der Waals surface area contributed by atoms with E-state index in [2.05, 4.69) is 132 Å². The molecule has 9 rings (SSSR count). The molecule has 0 unspecified atom stereocenters. The van der Waals surface area contributed by atoms with E-state index in [1.807, 2.05) is 0 Å². The number of imide groups is 2. The van der Waals surface area contributed by atoms with Crippen molar-refractivity contribution in [1.82, 2.24) is 9.80 Å². The van der Waals surface area contributed by atoms with Crippen LogP contribution in [0.15, 0.2) is 97.1 Å². The van der Waals surface area contributed by atoms with Crippen LogP contribution in [0.5, 0.6) is 23.0 Å². The Morgan fingerprint density at radius 3 is 0.811 bits per heavy atom. The fraction of sp³-hybridized carbons (Fsp3) is 0.375. The second-order valence-electron chi connectivity index (χ2n) is 24.6. The molecule has 4 amide bonds. The summed E-state index contributed by atoms with van der Waals surface area (Å²) in [6.07, 6.45) is 1.10. The number of phenolic OH excluding ortho intramolecular Hbond substituents is 2. The normalized spacial score (nSPS) is 14.9. The van der Waals surface area contributed by atoms with E-state index in [1.54, 1.807) is 48.5 Å². The molecular weight excluding hydrogens is 925 g/mol. The molecule has 2 aliphatic heterocycles. The van der Waals surface area contributed by atoms with E-state index >= 15 is 0 Å². The summed E-state index contributed by atoms with van der Waals surface area (Å²) in [5, 5.41) is 25.5. The fourth-order valence-electron chi connectivity index (χ4n) is 10.4. The van der Waals surface area contributed by atoms with E-state index in [0.717, 1.165) is 44.5 Å². The SMILES string of the molecule is CC(C)(C)c1cc2c(O)c(c1)Cc1cc(C(C)(C)C)cc(c1OCCN1C(=O)c3ccccc3C1=O)Cc1cc(C(C)(C)C)cc(c1O)Cc1cc(C(C)(C)C)cc(c1OCCN1C(=O)c3ccccc3C1=O)C2. The largest absolute Gasteiger partial charge is 0.507 e. The number of hydrogen-bond donors (Lipinski definition) is 2. The zero-order chi connectivity index (χ0) is 53.4. The van der Waals surface area contributed by atoms with Gasteiger partial charge in [-0.25, -0.2) is 0 Å². The number of carbonyl (C=O) groups excluding carboxylic acids is 4. The molecule has 0 saturated heterocycles. The van der Waals surface area contributed by atoms with Gasteiger partial charge >= 0.3 is 0 Å². The number of fused-ring (bicyclic) bond motifs is 10. The Morgan fingerprint density at radius 1 is 0.378 bits per heavy atom. The first-order chi connectivity index (χ1) is 34.7. The quantitative estimate of drug-likeness (QED) is 0.144. The minimum Gasteiger partial charge on any atom is -0.507 e. The monoisotopic (exact) mass is 995 g/mol. The molecule has 6 aromatic rings. The Labute approximate surface area is 436 Å². The summed E-state index contributed by atoms with van der Waals surface area (Å²) in [4.78, 5) is 56.7. The summed E-state index contributed by atoms with van der Waals surface area (Å²) in [6.45, 7) is 26.0. The molecule has 0 aromatic heterocycles. The van der Waals surface area contributed by atoms with Gasteiger partial charge in [-0.2, -0.15) is 0 Å². The molecule has 0 fully saturated rings. The summed E-state index contributed by atoms with van der Waals surface area (Å²) in [7, 11) is 0. The standard InChI is InChI=1S/C64H70N2O8/c1-61(2,3)45-29-37-25-41-33-47(63(7,8)9)35-43(55(41)73-23-21-65-57(69)49-17-13-14-18-50(49)58(65)70)27-39-31-46(62(4,5)6)32-40(54(39)68)28-44-36-48(64(10,11)12)34-42(26-38(30-45)53(37)67)56(44)74-24-22-66-59(71)51-19-15-16-20-52(51)60(66)72/h13-20,29-36,67-68H,21-28H2,1-12H3. The van der Waals surface area contributed by atoms with Crippen molar-refractivity contribution in [2.75, 3.05) is 26.3 Å². The van der Waals surface area contributed by atoms with Crippen LogP contribution in [0.4, 0.5) is 0 Å². The molecule has 0 atom stereocenters. The van der Waals surface area contributed by atoms with E-state index in [9.17, 15) is 29.4 Å². The minimum atomic E-state index is -0.358. The zero-order valence-electron chi connectivity index (χ0n) is 45.1. The van der Waals surface area contributed by atoms with Crippen LogP contribution in [0.3, 0.4) is 0 Å². The van der Waals surface area contributed by atoms with Gasteiger partial charge in [0.2, 0.25) is 0 Å². The van der Waals surface area contributed by atoms with E-state index in [0.29, 0.717) is 56.0 Å². The lowest BCUT2D eigenvalue weighted by molar-refractivity contribution is 0.0616. The van der Waals surface area contributed by atoms with Crippen molar-refractivity contribution in [3.8, 4) is 23.0 Å². The van der Waals surface area contributed by atoms with Crippen molar-refractivity contribution < 1.29 is 38.9 Å². The Balaban J connectivity index is 1.23. The predicted octanol–water partition coefficient (Wildman–Crippen LogP) is 12.3. The van der Waals surface area contributed by atoms with Crippen molar-refractivity contribution in [3.05, 3.63) is 186 Å². The third-order valence-corrected chi connectivity index (χ3v) is 14.9. The van der Waals surface area contributed by atoms with Gasteiger partial charge in [0.1, 0.15) is 36.2 Å². The Morgan fingerprint density at radius 2 is 0.595 bits per heavy atom. The number of nitrogens with zero attached hydrogens (tertiary/aromatic N) is 2. The summed E-state index contributed by atoms with van der Waals surface area (Å²) in [5.41, 5.74) is 10.4. The number of rotatable bonds is 8. The molecule has 0 radical (unpaired) electrons. The number of carbonyl (C=O) groups is 4. The lowest BCUT2D eigenvalue weighted by atomic mass is 9.79. The average Bonchev–Trinajstić information content (AvgIpc) is 3.71. The summed E-state index contributed by atoms with van der Waals surface area (Å²) in [5.74, 6) is -0.0138. The Bertz CT molecular complexity index is 2900. The van der Waals surface area contributed by atoms with Gasteiger partial charge in [-0.3, -0.25) is 29.0 Å². The highest BCUT2D eigenvalue weighted by molar-refractivity contribution is 6.22. The van der Waals surface area contributed by atoms with Crippen LogP contribution in [0.25, 0.3) is 0 Å². The van der Waals surface area contributed by atoms with Crippen LogP contribution < -0.4 is 9.47 Å². The molecule has 384 valence electrons. The first-order valence-corrected chi connectivity index (χ1v) is 25.9. The first kappa shape index (κ1) is 51.7. The predicted molar refractivity (Wildman–Crippen MR) is 290 cm³/mol. The third-order valence-electron chi connectivity index (χ3n) is 14.9. The van der Waals surface area contributed by atoms with Gasteiger partial charge < -0.3 is 19.7 Å². The molecule has 8 bridgehead atoms. The second kappa shape index (κ2) is 18.9. The summed E-state index contributed by atoms with van der Waals surface area (Å²) in [6, 6.07) is 30.6. The van der Waals surface area contributed by atoms with Gasteiger partial charge in [-0.1, -0.05) is 156 Å². The lowest BCUT2D eigenvalue weighted by Crippen LogP contribution is -2.33. The van der Waals surface area contributed by atoms with Crippen LogP contribution in [0, 0.1) is 0 Å². The number of aromatic hydroxyl groups is 2. The van der Waals surface area contributed by atoms with Crippen LogP contribution in [-0.4, -0.2) is 69.9 Å². The van der Waals surface area contributed by atoms with Crippen LogP contribution in [-0.2, 0) is 47.3 Å². The lowest BCUT2D eigenvalue weighted by Gasteiger charge is -2.28. The molecule has 0 spiro atoms. The third kappa shape index (κ3) is 9.95. The molecule has 10 heteroatoms. The molecule has 74 heavy (non-hydrogen) atoms. The van der Waals surface area contributed by atoms with Crippen molar-refractivity contribution in [2.45, 2.75) is 130 Å². The Kier molecular flexibility index (Phi) is 13.2. The number of phenols is 2. The Hall–Kier alpha value is -7.20. The van der Waals surface area contributed by atoms with E-state index in [1.165, 1.54) is 9.80 Å². The highest BCUT2D eigenvalue weighted by Gasteiger charge is 2.37. The van der Waals surface area contributed by atoms with Gasteiger partial charge in [-0.15, -0.1) is 0 Å². The fourth-order valence-corrected chi connectivity index (χ4v) is 10.4. The van der Waals surface area contributed by atoms with Crippen molar-refractivity contribution in [3.63, 3.8) is 0 Å². The summed E-state index contributed by atoms with van der Waals surface area (Å²) < 4.78 is 13.8. The molecule has 0 saturated carbocycles. The number of benzene rings is 6. The molecular formula is C64H70N2O8. The number of ether oxygens (including phenoxy) is 2.